The summed E-state index contributed by atoms with van der Waals surface area (Å²) in [5, 5.41) is 3.61. The van der Waals surface area contributed by atoms with Gasteiger partial charge in [-0.15, -0.1) is 0 Å². The first kappa shape index (κ1) is 24.4. The zero-order valence-corrected chi connectivity index (χ0v) is 20.7. The Morgan fingerprint density at radius 3 is 2.47 bits per heavy atom. The minimum Gasteiger partial charge on any atom is -0.491 e. The Labute approximate surface area is 215 Å². The maximum Gasteiger partial charge on any atom is 0.322 e. The number of hydrogen-bond donors (Lipinski definition) is 1. The van der Waals surface area contributed by atoms with Crippen molar-refractivity contribution in [2.75, 3.05) is 31.3 Å². The number of urea groups is 1. The quantitative estimate of drug-likeness (QED) is 0.342. The average molecular weight is 509 g/mol. The summed E-state index contributed by atoms with van der Waals surface area (Å²) in [6.45, 7) is 2.17. The van der Waals surface area contributed by atoms with Crippen molar-refractivity contribution in [1.82, 2.24) is 5.32 Å². The molecule has 2 amide bonds. The number of hydrogen-bond acceptors (Lipinski definition) is 5. The fourth-order valence-electron chi connectivity index (χ4n) is 4.37. The van der Waals surface area contributed by atoms with Crippen LogP contribution in [0.4, 0.5) is 10.5 Å². The van der Waals surface area contributed by atoms with Gasteiger partial charge in [-0.1, -0.05) is 23.7 Å². The highest BCUT2D eigenvalue weighted by molar-refractivity contribution is 6.30. The zero-order valence-electron chi connectivity index (χ0n) is 19.9. The zero-order chi connectivity index (χ0) is 24.7. The van der Waals surface area contributed by atoms with Crippen LogP contribution in [0.1, 0.15) is 30.9 Å². The van der Waals surface area contributed by atoms with Crippen LogP contribution in [0.25, 0.3) is 0 Å². The number of ether oxygens (including phenoxy) is 4. The molecule has 1 unspecified atom stereocenters. The van der Waals surface area contributed by atoms with Gasteiger partial charge in [0, 0.05) is 23.9 Å². The summed E-state index contributed by atoms with van der Waals surface area (Å²) in [5.74, 6) is 2.11. The van der Waals surface area contributed by atoms with Crippen molar-refractivity contribution < 1.29 is 23.7 Å². The minimum absolute atomic E-state index is 0.124. The number of carbonyl (C=O) groups excluding carboxylic acids is 1. The standard InChI is InChI=1S/C28H29ClN2O5/c29-21-7-11-23(12-8-21)36-24-13-9-22(10-14-24)31-26(19-30-28(31)32)20-4-3-5-25(18-20)33-16-17-35-27-6-1-2-15-34-27/h3-5,7-14,18,26-27H,1-2,6,15-17,19H2,(H,30,32)/t26-,27?/m1/s1. The van der Waals surface area contributed by atoms with Gasteiger partial charge in [0.25, 0.3) is 0 Å². The molecule has 36 heavy (non-hydrogen) atoms. The van der Waals surface area contributed by atoms with E-state index in [9.17, 15) is 4.79 Å². The predicted molar refractivity (Wildman–Crippen MR) is 138 cm³/mol. The molecule has 2 fully saturated rings. The van der Waals surface area contributed by atoms with Crippen LogP contribution in [0.15, 0.2) is 72.8 Å². The summed E-state index contributed by atoms with van der Waals surface area (Å²) < 4.78 is 23.1. The second-order valence-corrected chi connectivity index (χ2v) is 9.15. The highest BCUT2D eigenvalue weighted by Gasteiger charge is 2.33. The van der Waals surface area contributed by atoms with Gasteiger partial charge in [-0.2, -0.15) is 0 Å². The molecule has 0 aromatic heterocycles. The molecule has 0 radical (unpaired) electrons. The molecule has 2 aliphatic rings. The fourth-order valence-corrected chi connectivity index (χ4v) is 4.50. The van der Waals surface area contributed by atoms with Gasteiger partial charge in [0.05, 0.1) is 12.6 Å². The summed E-state index contributed by atoms with van der Waals surface area (Å²) in [5.41, 5.74) is 1.77. The van der Waals surface area contributed by atoms with Crippen LogP contribution in [0.5, 0.6) is 17.2 Å². The summed E-state index contributed by atoms with van der Waals surface area (Å²) in [6, 6.07) is 22.2. The van der Waals surface area contributed by atoms with Crippen LogP contribution < -0.4 is 19.7 Å². The molecule has 8 heteroatoms. The number of rotatable bonds is 9. The van der Waals surface area contributed by atoms with Gasteiger partial charge in [-0.05, 0) is 85.5 Å². The van der Waals surface area contributed by atoms with Gasteiger partial charge >= 0.3 is 6.03 Å². The molecule has 0 aliphatic carbocycles. The van der Waals surface area contributed by atoms with E-state index < -0.39 is 0 Å². The molecule has 0 bridgehead atoms. The Morgan fingerprint density at radius 1 is 0.944 bits per heavy atom. The number of halogens is 1. The average Bonchev–Trinajstić information content (AvgIpc) is 3.30. The topological polar surface area (TPSA) is 69.3 Å². The highest BCUT2D eigenvalue weighted by atomic mass is 35.5. The molecule has 7 nitrogen and oxygen atoms in total. The van der Waals surface area contributed by atoms with Crippen molar-refractivity contribution in [2.24, 2.45) is 0 Å². The van der Waals surface area contributed by atoms with Crippen molar-refractivity contribution in [3.05, 3.63) is 83.4 Å². The number of nitrogens with zero attached hydrogens (tertiary/aromatic N) is 1. The van der Waals surface area contributed by atoms with Crippen molar-refractivity contribution in [1.29, 1.82) is 0 Å². The molecule has 3 aromatic rings. The Balaban J connectivity index is 1.21. The van der Waals surface area contributed by atoms with Crippen molar-refractivity contribution in [3.63, 3.8) is 0 Å². The van der Waals surface area contributed by atoms with E-state index in [4.69, 9.17) is 30.5 Å². The lowest BCUT2D eigenvalue weighted by Gasteiger charge is -2.24. The first-order valence-corrected chi connectivity index (χ1v) is 12.6. The predicted octanol–water partition coefficient (Wildman–Crippen LogP) is 6.33. The van der Waals surface area contributed by atoms with E-state index in [0.717, 1.165) is 42.9 Å². The highest BCUT2D eigenvalue weighted by Crippen LogP contribution is 2.34. The van der Waals surface area contributed by atoms with E-state index in [0.29, 0.717) is 36.3 Å². The Kier molecular flexibility index (Phi) is 7.91. The lowest BCUT2D eigenvalue weighted by molar-refractivity contribution is -0.165. The second kappa shape index (κ2) is 11.6. The normalized spacial score (nSPS) is 19.7. The van der Waals surface area contributed by atoms with E-state index >= 15 is 0 Å². The van der Waals surface area contributed by atoms with Gasteiger partial charge in [-0.3, -0.25) is 4.90 Å². The largest absolute Gasteiger partial charge is 0.491 e. The molecule has 0 saturated carbocycles. The molecule has 2 heterocycles. The lowest BCUT2D eigenvalue weighted by atomic mass is 10.1. The first-order valence-electron chi connectivity index (χ1n) is 12.2. The molecule has 2 saturated heterocycles. The Bertz CT molecular complexity index is 1150. The number of benzene rings is 3. The maximum absolute atomic E-state index is 12.7. The van der Waals surface area contributed by atoms with Crippen molar-refractivity contribution >= 4 is 23.3 Å². The molecule has 3 aromatic carbocycles. The van der Waals surface area contributed by atoms with E-state index in [1.54, 1.807) is 17.0 Å². The molecule has 5 rings (SSSR count). The summed E-state index contributed by atoms with van der Waals surface area (Å²) in [7, 11) is 0. The third-order valence-corrected chi connectivity index (χ3v) is 6.43. The van der Waals surface area contributed by atoms with Crippen LogP contribution in [-0.2, 0) is 9.47 Å². The van der Waals surface area contributed by atoms with Crippen LogP contribution in [0.3, 0.4) is 0 Å². The van der Waals surface area contributed by atoms with Crippen molar-refractivity contribution in [2.45, 2.75) is 31.6 Å². The third-order valence-electron chi connectivity index (χ3n) is 6.18. The van der Waals surface area contributed by atoms with Gasteiger partial charge in [0.15, 0.2) is 6.29 Å². The van der Waals surface area contributed by atoms with Crippen LogP contribution in [0.2, 0.25) is 5.02 Å². The van der Waals surface area contributed by atoms with Gasteiger partial charge < -0.3 is 24.3 Å². The van der Waals surface area contributed by atoms with E-state index in [1.165, 1.54) is 0 Å². The SMILES string of the molecule is O=C1NC[C@H](c2cccc(OCCOC3CCCCO3)c2)N1c1ccc(Oc2ccc(Cl)cc2)cc1. The third kappa shape index (κ3) is 6.10. The summed E-state index contributed by atoms with van der Waals surface area (Å²) in [6.07, 6.45) is 3.04. The van der Waals surface area contributed by atoms with Gasteiger partial charge in [-0.25, -0.2) is 4.79 Å². The number of nitrogens with one attached hydrogen (secondary N) is 1. The van der Waals surface area contributed by atoms with Gasteiger partial charge in [0.1, 0.15) is 23.9 Å². The summed E-state index contributed by atoms with van der Waals surface area (Å²) in [4.78, 5) is 14.5. The fraction of sp³-hybridized carbons (Fsp3) is 0.321. The van der Waals surface area contributed by atoms with Crippen LogP contribution in [-0.4, -0.2) is 38.7 Å². The van der Waals surface area contributed by atoms with E-state index in [-0.39, 0.29) is 18.4 Å². The molecule has 2 aliphatic heterocycles. The molecule has 1 N–H and O–H groups in total. The van der Waals surface area contributed by atoms with Gasteiger partial charge in [0.2, 0.25) is 0 Å². The van der Waals surface area contributed by atoms with E-state index in [2.05, 4.69) is 5.32 Å². The maximum atomic E-state index is 12.7. The lowest BCUT2D eigenvalue weighted by Crippen LogP contribution is -2.29. The number of anilines is 1. The first-order chi connectivity index (χ1) is 17.7. The molecule has 0 spiro atoms. The molecule has 188 valence electrons. The summed E-state index contributed by atoms with van der Waals surface area (Å²) >= 11 is 5.94. The van der Waals surface area contributed by atoms with E-state index in [1.807, 2.05) is 60.7 Å². The Hall–Kier alpha value is -3.26. The smallest absolute Gasteiger partial charge is 0.322 e. The van der Waals surface area contributed by atoms with Crippen molar-refractivity contribution in [3.8, 4) is 17.2 Å². The monoisotopic (exact) mass is 508 g/mol. The van der Waals surface area contributed by atoms with Crippen LogP contribution in [0, 0.1) is 0 Å². The number of amides is 2. The Morgan fingerprint density at radius 2 is 1.72 bits per heavy atom. The second-order valence-electron chi connectivity index (χ2n) is 8.71. The number of carbonyl (C=O) groups is 1. The molecular formula is C28H29ClN2O5. The van der Waals surface area contributed by atoms with Crippen LogP contribution >= 0.6 is 11.6 Å². The molecule has 2 atom stereocenters. The molecular weight excluding hydrogens is 480 g/mol. The minimum atomic E-state index is -0.157.